The second-order valence-corrected chi connectivity index (χ2v) is 10.9. The molecule has 0 spiro atoms. The molecule has 3 heterocycles. The first-order valence-corrected chi connectivity index (χ1v) is 14.6. The van der Waals surface area contributed by atoms with Crippen LogP contribution < -0.4 is 15.6 Å². The molecule has 2 aliphatic rings. The zero-order valence-electron chi connectivity index (χ0n) is 23.7. The van der Waals surface area contributed by atoms with E-state index in [1.165, 1.54) is 34.9 Å². The van der Waals surface area contributed by atoms with E-state index in [0.717, 1.165) is 34.9 Å². The number of nitrogens with zero attached hydrogens (tertiary/aromatic N) is 2. The van der Waals surface area contributed by atoms with Crippen molar-refractivity contribution in [3.63, 3.8) is 0 Å². The highest BCUT2D eigenvalue weighted by molar-refractivity contribution is 7.98. The number of hydrogen-bond acceptors (Lipinski definition) is 9. The van der Waals surface area contributed by atoms with Crippen LogP contribution in [0, 0.1) is 0 Å². The zero-order valence-corrected chi connectivity index (χ0v) is 25.3. The number of aromatic nitrogens is 1. The maximum absolute atomic E-state index is 13.0. The molecule has 10 nitrogen and oxygen atoms in total. The zero-order chi connectivity index (χ0) is 31.9. The molecule has 0 unspecified atom stereocenters. The molecular formula is C29H29ClF3N3O7S. The van der Waals surface area contributed by atoms with E-state index >= 15 is 0 Å². The summed E-state index contributed by atoms with van der Waals surface area (Å²) >= 11 is 8.17. The Kier molecular flexibility index (Phi) is 11.1. The summed E-state index contributed by atoms with van der Waals surface area (Å²) in [7, 11) is 1.40. The smallest absolute Gasteiger partial charge is 0.451 e. The molecular weight excluding hydrogens is 627 g/mol. The highest BCUT2D eigenvalue weighted by atomic mass is 35.5. The molecule has 0 radical (unpaired) electrons. The van der Waals surface area contributed by atoms with Gasteiger partial charge in [0.05, 0.1) is 6.61 Å². The molecule has 1 atom stereocenters. The number of fused-ring (bicyclic) bond motifs is 3. The van der Waals surface area contributed by atoms with Gasteiger partial charge in [0.15, 0.2) is 5.69 Å². The van der Waals surface area contributed by atoms with Gasteiger partial charge in [-0.25, -0.2) is 4.79 Å². The molecule has 0 aliphatic carbocycles. The normalized spacial score (nSPS) is 14.4. The van der Waals surface area contributed by atoms with Gasteiger partial charge in [-0.1, -0.05) is 41.9 Å². The number of pyridine rings is 1. The first kappa shape index (κ1) is 33.0. The minimum absolute atomic E-state index is 0.0780. The molecule has 15 heteroatoms. The van der Waals surface area contributed by atoms with Gasteiger partial charge in [0, 0.05) is 41.5 Å². The topological polar surface area (TPSA) is 108 Å². The van der Waals surface area contributed by atoms with Crippen molar-refractivity contribution in [2.24, 2.45) is 0 Å². The molecule has 236 valence electrons. The maximum Gasteiger partial charge on any atom is 0.511 e. The number of hydrogen-bond donors (Lipinski definition) is 1. The van der Waals surface area contributed by atoms with Crippen molar-refractivity contribution < 1.29 is 41.7 Å². The lowest BCUT2D eigenvalue weighted by molar-refractivity contribution is -0.172. The minimum Gasteiger partial charge on any atom is -0.451 e. The van der Waals surface area contributed by atoms with Gasteiger partial charge >= 0.3 is 12.3 Å². The SMILES string of the molecule is COCCOC(=O)OCOc1c2n(ccc1=O)NCN([C@H](C)C(F)(F)F)C2=O.Clc1cccc2c1Cc1ccccc1SC2. The van der Waals surface area contributed by atoms with Crippen molar-refractivity contribution >= 4 is 35.4 Å². The number of ether oxygens (including phenoxy) is 4. The quantitative estimate of drug-likeness (QED) is 0.203. The van der Waals surface area contributed by atoms with Crippen LogP contribution >= 0.6 is 23.4 Å². The van der Waals surface area contributed by atoms with E-state index in [1.807, 2.05) is 23.9 Å². The van der Waals surface area contributed by atoms with E-state index in [4.69, 9.17) is 16.3 Å². The number of carbonyl (C=O) groups excluding carboxylic acids is 2. The van der Waals surface area contributed by atoms with Crippen LogP contribution in [-0.4, -0.2) is 67.6 Å². The van der Waals surface area contributed by atoms with Gasteiger partial charge in [-0.15, -0.1) is 11.8 Å². The van der Waals surface area contributed by atoms with Gasteiger partial charge in [0.25, 0.3) is 5.91 Å². The number of rotatable bonds is 7. The second-order valence-electron chi connectivity index (χ2n) is 9.48. The molecule has 44 heavy (non-hydrogen) atoms. The summed E-state index contributed by atoms with van der Waals surface area (Å²) < 4.78 is 58.9. The van der Waals surface area contributed by atoms with Crippen LogP contribution in [0.25, 0.3) is 0 Å². The standard InChI is InChI=1S/C15H18F3N3O7.C14H11ClS/c1-9(15(16,17)18)20-7-19-21-4-3-10(22)12(11(21)13(20)23)27-8-28-14(24)26-6-5-25-2;15-13-6-3-5-11-9-16-14-7-2-1-4-10(14)8-12(11)13/h3-4,9,19H,5-8H2,1-2H3;1-7H,8-9H2/t9-;/m1./s1. The van der Waals surface area contributed by atoms with Gasteiger partial charge in [0.1, 0.15) is 19.3 Å². The molecule has 2 aliphatic heterocycles. The molecule has 0 fully saturated rings. The van der Waals surface area contributed by atoms with E-state index in [2.05, 4.69) is 50.0 Å². The molecule has 0 bridgehead atoms. The van der Waals surface area contributed by atoms with E-state index in [-0.39, 0.29) is 13.2 Å². The summed E-state index contributed by atoms with van der Waals surface area (Å²) in [6.45, 7) is -0.352. The van der Waals surface area contributed by atoms with Crippen molar-refractivity contribution in [1.29, 1.82) is 0 Å². The number of nitrogens with one attached hydrogen (secondary N) is 1. The first-order valence-electron chi connectivity index (χ1n) is 13.3. The Bertz CT molecular complexity index is 1550. The predicted molar refractivity (Wildman–Crippen MR) is 157 cm³/mol. The third kappa shape index (κ3) is 7.98. The molecule has 3 aromatic rings. The number of carbonyl (C=O) groups is 2. The first-order chi connectivity index (χ1) is 21.0. The summed E-state index contributed by atoms with van der Waals surface area (Å²) in [4.78, 5) is 37.8. The number of halogens is 4. The fourth-order valence-electron chi connectivity index (χ4n) is 4.30. The van der Waals surface area contributed by atoms with Gasteiger partial charge < -0.3 is 29.3 Å². The van der Waals surface area contributed by atoms with Crippen molar-refractivity contribution in [2.45, 2.75) is 36.2 Å². The van der Waals surface area contributed by atoms with Crippen LogP contribution in [-0.2, 0) is 26.4 Å². The van der Waals surface area contributed by atoms with E-state index in [0.29, 0.717) is 4.90 Å². The van der Waals surface area contributed by atoms with Gasteiger partial charge in [-0.3, -0.25) is 14.3 Å². The van der Waals surface area contributed by atoms with Gasteiger partial charge in [-0.05, 0) is 35.7 Å². The third-order valence-electron chi connectivity index (χ3n) is 6.70. The Hall–Kier alpha value is -3.88. The van der Waals surface area contributed by atoms with Crippen LogP contribution in [0.2, 0.25) is 5.02 Å². The summed E-state index contributed by atoms with van der Waals surface area (Å²) in [5, 5.41) is 0.898. The van der Waals surface area contributed by atoms with Gasteiger partial charge in [-0.2, -0.15) is 13.2 Å². The Morgan fingerprint density at radius 2 is 1.82 bits per heavy atom. The average Bonchev–Trinajstić information content (AvgIpc) is 3.19. The van der Waals surface area contributed by atoms with Crippen LogP contribution in [0.15, 0.2) is 64.4 Å². The van der Waals surface area contributed by atoms with Crippen molar-refractivity contribution in [2.75, 3.05) is 39.2 Å². The molecule has 1 amide bonds. The number of benzene rings is 2. The lowest BCUT2D eigenvalue weighted by Crippen LogP contribution is -2.54. The third-order valence-corrected chi connectivity index (χ3v) is 8.22. The van der Waals surface area contributed by atoms with Crippen LogP contribution in [0.3, 0.4) is 0 Å². The van der Waals surface area contributed by atoms with Crippen molar-refractivity contribution in [1.82, 2.24) is 9.58 Å². The highest BCUT2D eigenvalue weighted by Crippen LogP contribution is 2.36. The predicted octanol–water partition coefficient (Wildman–Crippen LogP) is 5.43. The van der Waals surface area contributed by atoms with Crippen LogP contribution in [0.4, 0.5) is 18.0 Å². The van der Waals surface area contributed by atoms with Crippen LogP contribution in [0.5, 0.6) is 5.75 Å². The Balaban J connectivity index is 0.000000231. The van der Waals surface area contributed by atoms with Gasteiger partial charge in [0.2, 0.25) is 18.0 Å². The monoisotopic (exact) mass is 655 g/mol. The summed E-state index contributed by atoms with van der Waals surface area (Å²) in [5.41, 5.74) is 5.37. The molecule has 0 saturated carbocycles. The lowest BCUT2D eigenvalue weighted by Gasteiger charge is -2.36. The number of methoxy groups -OCH3 is 1. The highest BCUT2D eigenvalue weighted by Gasteiger charge is 2.44. The maximum atomic E-state index is 13.0. The Labute approximate surface area is 259 Å². The molecule has 1 N–H and O–H groups in total. The van der Waals surface area contributed by atoms with Crippen molar-refractivity contribution in [3.8, 4) is 5.75 Å². The number of amides is 1. The number of thioether (sulfide) groups is 1. The molecule has 2 aromatic carbocycles. The number of alkyl halides is 3. The van der Waals surface area contributed by atoms with Crippen molar-refractivity contribution in [3.05, 3.63) is 92.4 Å². The van der Waals surface area contributed by atoms with E-state index < -0.39 is 54.6 Å². The fourth-order valence-corrected chi connectivity index (χ4v) is 5.64. The van der Waals surface area contributed by atoms with Crippen LogP contribution in [0.1, 0.15) is 34.1 Å². The largest absolute Gasteiger partial charge is 0.511 e. The Morgan fingerprint density at radius 1 is 1.07 bits per heavy atom. The summed E-state index contributed by atoms with van der Waals surface area (Å²) in [6.07, 6.45) is -3.64. The fraction of sp³-hybridized carbons (Fsp3) is 0.345. The summed E-state index contributed by atoms with van der Waals surface area (Å²) in [5.74, 6) is -0.616. The summed E-state index contributed by atoms with van der Waals surface area (Å²) in [6, 6.07) is 13.7. The molecule has 0 saturated heterocycles. The van der Waals surface area contributed by atoms with E-state index in [9.17, 15) is 27.6 Å². The average molecular weight is 656 g/mol. The molecule has 1 aromatic heterocycles. The second kappa shape index (κ2) is 14.7. The molecule has 5 rings (SSSR count). The lowest BCUT2D eigenvalue weighted by atomic mass is 10.0. The van der Waals surface area contributed by atoms with E-state index in [1.54, 1.807) is 0 Å². The minimum atomic E-state index is -4.66. The Morgan fingerprint density at radius 3 is 2.57 bits per heavy atom.